The van der Waals surface area contributed by atoms with Gasteiger partial charge in [0.15, 0.2) is 0 Å². The minimum Gasteiger partial charge on any atom is -0.131 e. The number of halogens is 1. The Kier molecular flexibility index (Phi) is 1.29. The second-order valence-electron chi connectivity index (χ2n) is 1.53. The van der Waals surface area contributed by atoms with Crippen molar-refractivity contribution in [3.63, 3.8) is 0 Å². The fraction of sp³-hybridized carbons (Fsp3) is 1.00. The first kappa shape index (κ1) is 4.08. The Bertz CT molecular complexity index is 34.6. The third kappa shape index (κ3) is 0.873. The SMILES string of the molecule is Br[SiH]1C[SiH2]C1. The minimum atomic E-state index is -0.0949. The molecule has 1 heterocycles. The molecule has 0 nitrogen and oxygen atoms in total. The molecule has 1 rings (SSSR count). The Balaban J connectivity index is 2.08. The van der Waals surface area contributed by atoms with Crippen molar-refractivity contribution in [2.24, 2.45) is 0 Å². The summed E-state index contributed by atoms with van der Waals surface area (Å²) in [5, 5.41) is 0. The molecule has 0 bridgehead atoms. The predicted octanol–water partition coefficient (Wildman–Crippen LogP) is 0.202. The summed E-state index contributed by atoms with van der Waals surface area (Å²) in [6.45, 7) is 0. The van der Waals surface area contributed by atoms with E-state index in [1.54, 1.807) is 11.3 Å². The monoisotopic (exact) mass is 166 g/mol. The first-order valence-electron chi connectivity index (χ1n) is 2.03. The van der Waals surface area contributed by atoms with E-state index in [2.05, 4.69) is 15.3 Å². The van der Waals surface area contributed by atoms with Gasteiger partial charge in [-0.15, -0.1) is 15.3 Å². The van der Waals surface area contributed by atoms with E-state index in [9.17, 15) is 0 Å². The topological polar surface area (TPSA) is 0 Å². The number of hydrogen-bond donors (Lipinski definition) is 0. The molecule has 0 saturated carbocycles. The molecule has 0 atom stereocenters. The summed E-state index contributed by atoms with van der Waals surface area (Å²) in [4.78, 5) is 0. The zero-order valence-electron chi connectivity index (χ0n) is 3.08. The zero-order chi connectivity index (χ0) is 3.70. The van der Waals surface area contributed by atoms with Gasteiger partial charge in [0.05, 0.1) is 0 Å². The molecule has 0 spiro atoms. The Labute approximate surface area is 44.0 Å². The van der Waals surface area contributed by atoms with Crippen LogP contribution < -0.4 is 0 Å². The maximum atomic E-state index is 3.63. The van der Waals surface area contributed by atoms with Gasteiger partial charge in [-0.3, -0.25) is 0 Å². The van der Waals surface area contributed by atoms with Gasteiger partial charge >= 0.3 is 0 Å². The van der Waals surface area contributed by atoms with Crippen LogP contribution in [0.1, 0.15) is 0 Å². The summed E-state index contributed by atoms with van der Waals surface area (Å²) in [5.74, 6) is 0. The molecular formula is C2H7BrSi2. The van der Waals surface area contributed by atoms with E-state index in [1.165, 1.54) is 0 Å². The van der Waals surface area contributed by atoms with E-state index in [0.717, 1.165) is 0 Å². The van der Waals surface area contributed by atoms with Gasteiger partial charge in [0, 0.05) is 9.52 Å². The molecule has 30 valence electrons. The molecule has 5 heavy (non-hydrogen) atoms. The van der Waals surface area contributed by atoms with Crippen molar-refractivity contribution in [1.82, 2.24) is 0 Å². The standard InChI is InChI=1S/C2H7BrSi2/c3-5-1-4-2-5/h5H,1-2,4H2. The van der Waals surface area contributed by atoms with Crippen molar-refractivity contribution >= 4 is 32.2 Å². The molecule has 0 aromatic rings. The fourth-order valence-corrected chi connectivity index (χ4v) is 9.05. The normalized spacial score (nSPS) is 41.4. The maximum Gasteiger partial charge on any atom is 0.108 e. The third-order valence-corrected chi connectivity index (χ3v) is 17.6. The molecule has 1 aliphatic rings. The number of hydrogen-bond acceptors (Lipinski definition) is 0. The van der Waals surface area contributed by atoms with Gasteiger partial charge in [-0.05, 0) is 0 Å². The van der Waals surface area contributed by atoms with E-state index in [-0.39, 0.29) is 7.42 Å². The van der Waals surface area contributed by atoms with Gasteiger partial charge < -0.3 is 0 Å². The van der Waals surface area contributed by atoms with Crippen molar-refractivity contribution in [2.45, 2.75) is 11.3 Å². The van der Waals surface area contributed by atoms with Crippen LogP contribution in [0.25, 0.3) is 0 Å². The molecule has 0 aromatic heterocycles. The molecule has 1 saturated heterocycles. The second kappa shape index (κ2) is 1.57. The summed E-state index contributed by atoms with van der Waals surface area (Å²) in [5.41, 5.74) is 3.36. The van der Waals surface area contributed by atoms with Crippen LogP contribution in [0.5, 0.6) is 0 Å². The molecule has 3 heteroatoms. The Morgan fingerprint density at radius 2 is 2.00 bits per heavy atom. The fourth-order valence-electron chi connectivity index (χ4n) is 0.358. The molecule has 0 radical (unpaired) electrons. The summed E-state index contributed by atoms with van der Waals surface area (Å²) in [7, 11) is 0.477. The van der Waals surface area contributed by atoms with Gasteiger partial charge in [0.25, 0.3) is 0 Å². The zero-order valence-corrected chi connectivity index (χ0v) is 7.23. The van der Waals surface area contributed by atoms with Gasteiger partial charge in [0.1, 0.15) is 7.42 Å². The third-order valence-electron chi connectivity index (χ3n) is 1.03. The molecule has 0 N–H and O–H groups in total. The van der Waals surface area contributed by atoms with Crippen molar-refractivity contribution in [2.75, 3.05) is 0 Å². The lowest BCUT2D eigenvalue weighted by Gasteiger charge is -2.13. The van der Waals surface area contributed by atoms with E-state index in [0.29, 0.717) is 9.52 Å². The van der Waals surface area contributed by atoms with Crippen molar-refractivity contribution < 1.29 is 0 Å². The Morgan fingerprint density at radius 1 is 1.60 bits per heavy atom. The van der Waals surface area contributed by atoms with E-state index in [1.807, 2.05) is 0 Å². The highest BCUT2D eigenvalue weighted by atomic mass is 79.9. The van der Waals surface area contributed by atoms with E-state index in [4.69, 9.17) is 0 Å². The molecule has 0 aliphatic carbocycles. The van der Waals surface area contributed by atoms with Crippen LogP contribution in [0, 0.1) is 0 Å². The molecular weight excluding hydrogens is 160 g/mol. The van der Waals surface area contributed by atoms with Crippen molar-refractivity contribution in [1.29, 1.82) is 0 Å². The van der Waals surface area contributed by atoms with Crippen molar-refractivity contribution in [3.8, 4) is 0 Å². The van der Waals surface area contributed by atoms with Crippen LogP contribution in [-0.4, -0.2) is 16.9 Å². The van der Waals surface area contributed by atoms with Crippen molar-refractivity contribution in [3.05, 3.63) is 0 Å². The van der Waals surface area contributed by atoms with Gasteiger partial charge in [-0.1, -0.05) is 11.3 Å². The maximum absolute atomic E-state index is 3.63. The quantitative estimate of drug-likeness (QED) is 0.357. The van der Waals surface area contributed by atoms with Crippen LogP contribution in [0.15, 0.2) is 0 Å². The molecule has 1 fully saturated rings. The first-order chi connectivity index (χ1) is 2.39. The lowest BCUT2D eigenvalue weighted by atomic mass is 11.8. The lowest BCUT2D eigenvalue weighted by Crippen LogP contribution is -2.21. The van der Waals surface area contributed by atoms with E-state index < -0.39 is 0 Å². The van der Waals surface area contributed by atoms with Gasteiger partial charge in [-0.25, -0.2) is 0 Å². The summed E-state index contributed by atoms with van der Waals surface area (Å²) >= 11 is 3.63. The summed E-state index contributed by atoms with van der Waals surface area (Å²) in [6, 6.07) is 0. The predicted molar refractivity (Wildman–Crippen MR) is 34.2 cm³/mol. The smallest absolute Gasteiger partial charge is 0.108 e. The highest BCUT2D eigenvalue weighted by Crippen LogP contribution is 2.15. The largest absolute Gasteiger partial charge is 0.131 e. The van der Waals surface area contributed by atoms with Crippen LogP contribution in [0.2, 0.25) is 11.3 Å². The lowest BCUT2D eigenvalue weighted by molar-refractivity contribution is 1.69. The first-order valence-corrected chi connectivity index (χ1v) is 8.85. The average molecular weight is 167 g/mol. The minimum absolute atomic E-state index is 0.0949. The highest BCUT2D eigenvalue weighted by Gasteiger charge is 2.14. The molecule has 1 aliphatic heterocycles. The summed E-state index contributed by atoms with van der Waals surface area (Å²) in [6.07, 6.45) is 0. The average Bonchev–Trinajstić information content (AvgIpc) is 1.30. The van der Waals surface area contributed by atoms with E-state index >= 15 is 0 Å². The Morgan fingerprint density at radius 3 is 2.00 bits per heavy atom. The molecule has 0 amide bonds. The summed E-state index contributed by atoms with van der Waals surface area (Å²) < 4.78 is 0. The van der Waals surface area contributed by atoms with Gasteiger partial charge in [0.2, 0.25) is 0 Å². The highest BCUT2D eigenvalue weighted by molar-refractivity contribution is 9.24. The van der Waals surface area contributed by atoms with Crippen LogP contribution in [0.3, 0.4) is 0 Å². The Hall–Kier alpha value is 0.914. The van der Waals surface area contributed by atoms with Crippen LogP contribution in [0.4, 0.5) is 0 Å². The van der Waals surface area contributed by atoms with Crippen LogP contribution >= 0.6 is 15.3 Å². The second-order valence-corrected chi connectivity index (χ2v) is 11.9. The number of rotatable bonds is 0. The molecule has 0 aromatic carbocycles. The van der Waals surface area contributed by atoms with Gasteiger partial charge in [-0.2, -0.15) is 0 Å². The molecule has 0 unspecified atom stereocenters. The van der Waals surface area contributed by atoms with Crippen LogP contribution in [-0.2, 0) is 0 Å².